The second-order valence-electron chi connectivity index (χ2n) is 8.65. The van der Waals surface area contributed by atoms with Gasteiger partial charge in [0.15, 0.2) is 0 Å². The molecule has 8 heteroatoms. The van der Waals surface area contributed by atoms with E-state index in [9.17, 15) is 9.59 Å². The Bertz CT molecular complexity index is 1290. The second-order valence-corrected chi connectivity index (χ2v) is 8.65. The first-order valence-electron chi connectivity index (χ1n) is 11.5. The Hall–Kier alpha value is -4.20. The summed E-state index contributed by atoms with van der Waals surface area (Å²) in [6, 6.07) is 23.6. The minimum absolute atomic E-state index is 0.0214. The Labute approximate surface area is 204 Å². The highest BCUT2D eigenvalue weighted by atomic mass is 16.5. The van der Waals surface area contributed by atoms with E-state index in [1.807, 2.05) is 68.4 Å². The van der Waals surface area contributed by atoms with Crippen LogP contribution in [0, 0.1) is 5.92 Å². The molecule has 0 saturated heterocycles. The summed E-state index contributed by atoms with van der Waals surface area (Å²) in [5, 5.41) is 11.3. The SMILES string of the molecule is COc1ccc(NC(=O)[C@@H](C(C)C)N(Cc2ccccc2)C(=O)Cn2nnc3ccccc32)cc1. The van der Waals surface area contributed by atoms with Crippen LogP contribution in [-0.4, -0.2) is 44.9 Å². The van der Waals surface area contributed by atoms with Crippen LogP contribution in [0.3, 0.4) is 0 Å². The zero-order valence-corrected chi connectivity index (χ0v) is 20.1. The van der Waals surface area contributed by atoms with Crippen molar-refractivity contribution >= 4 is 28.5 Å². The van der Waals surface area contributed by atoms with Crippen LogP contribution < -0.4 is 10.1 Å². The van der Waals surface area contributed by atoms with Gasteiger partial charge in [-0.3, -0.25) is 9.59 Å². The predicted molar refractivity (Wildman–Crippen MR) is 135 cm³/mol. The number of anilines is 1. The molecule has 0 fully saturated rings. The van der Waals surface area contributed by atoms with Crippen molar-refractivity contribution in [2.45, 2.75) is 33.0 Å². The van der Waals surface area contributed by atoms with Gasteiger partial charge in [0.1, 0.15) is 23.9 Å². The molecule has 4 aromatic rings. The highest BCUT2D eigenvalue weighted by Crippen LogP contribution is 2.21. The van der Waals surface area contributed by atoms with E-state index in [0.717, 1.165) is 11.1 Å². The molecular weight excluding hydrogens is 442 g/mol. The number of fused-ring (bicyclic) bond motifs is 1. The number of aromatic nitrogens is 3. The number of carbonyl (C=O) groups is 2. The maximum absolute atomic E-state index is 13.7. The van der Waals surface area contributed by atoms with Crippen molar-refractivity contribution in [2.24, 2.45) is 5.92 Å². The Morgan fingerprint density at radius 3 is 2.34 bits per heavy atom. The largest absolute Gasteiger partial charge is 0.497 e. The van der Waals surface area contributed by atoms with Crippen LogP contribution >= 0.6 is 0 Å². The van der Waals surface area contributed by atoms with Crippen molar-refractivity contribution in [3.05, 3.63) is 84.4 Å². The molecule has 0 spiro atoms. The average molecular weight is 472 g/mol. The molecule has 0 aliphatic carbocycles. The van der Waals surface area contributed by atoms with E-state index in [4.69, 9.17) is 4.74 Å². The fourth-order valence-corrected chi connectivity index (χ4v) is 4.07. The van der Waals surface area contributed by atoms with E-state index in [0.29, 0.717) is 23.5 Å². The molecule has 0 aliphatic rings. The molecular formula is C27H29N5O3. The third-order valence-corrected chi connectivity index (χ3v) is 5.81. The standard InChI is InChI=1S/C27H29N5O3/c1-19(2)26(27(34)28-21-13-15-22(35-3)16-14-21)31(17-20-9-5-4-6-10-20)25(33)18-32-24-12-8-7-11-23(24)29-30-32/h4-16,19,26H,17-18H2,1-3H3,(H,28,34)/t26-/m1/s1. The van der Waals surface area contributed by atoms with Crippen molar-refractivity contribution < 1.29 is 14.3 Å². The van der Waals surface area contributed by atoms with Gasteiger partial charge in [0.05, 0.1) is 12.6 Å². The lowest BCUT2D eigenvalue weighted by Gasteiger charge is -2.33. The minimum Gasteiger partial charge on any atom is -0.497 e. The van der Waals surface area contributed by atoms with Crippen LogP contribution in [0.15, 0.2) is 78.9 Å². The molecule has 0 unspecified atom stereocenters. The molecule has 8 nitrogen and oxygen atoms in total. The molecule has 1 heterocycles. The second kappa shape index (κ2) is 10.8. The average Bonchev–Trinajstić information content (AvgIpc) is 3.27. The maximum Gasteiger partial charge on any atom is 0.247 e. The first-order chi connectivity index (χ1) is 17.0. The molecule has 0 aliphatic heterocycles. The van der Waals surface area contributed by atoms with E-state index in [1.54, 1.807) is 41.0 Å². The van der Waals surface area contributed by atoms with E-state index in [-0.39, 0.29) is 24.3 Å². The summed E-state index contributed by atoms with van der Waals surface area (Å²) in [6.07, 6.45) is 0. The number of benzene rings is 3. The quantitative estimate of drug-likeness (QED) is 0.396. The fraction of sp³-hybridized carbons (Fsp3) is 0.259. The summed E-state index contributed by atoms with van der Waals surface area (Å²) >= 11 is 0. The van der Waals surface area contributed by atoms with Crippen molar-refractivity contribution in [1.29, 1.82) is 0 Å². The van der Waals surface area contributed by atoms with E-state index in [2.05, 4.69) is 15.6 Å². The lowest BCUT2D eigenvalue weighted by atomic mass is 10.00. The van der Waals surface area contributed by atoms with Crippen molar-refractivity contribution in [1.82, 2.24) is 19.9 Å². The zero-order valence-electron chi connectivity index (χ0n) is 20.1. The number of carbonyl (C=O) groups excluding carboxylic acids is 2. The molecule has 4 rings (SSSR count). The van der Waals surface area contributed by atoms with Gasteiger partial charge in [0.25, 0.3) is 0 Å². The smallest absolute Gasteiger partial charge is 0.247 e. The van der Waals surface area contributed by atoms with Crippen LogP contribution in [0.25, 0.3) is 11.0 Å². The monoisotopic (exact) mass is 471 g/mol. The molecule has 35 heavy (non-hydrogen) atoms. The molecule has 2 amide bonds. The number of hydrogen-bond donors (Lipinski definition) is 1. The summed E-state index contributed by atoms with van der Waals surface area (Å²) in [4.78, 5) is 28.8. The summed E-state index contributed by atoms with van der Waals surface area (Å²) in [5.74, 6) is 0.101. The van der Waals surface area contributed by atoms with Crippen LogP contribution in [-0.2, 0) is 22.7 Å². The molecule has 1 aromatic heterocycles. The van der Waals surface area contributed by atoms with Gasteiger partial charge in [-0.2, -0.15) is 0 Å². The van der Waals surface area contributed by atoms with Gasteiger partial charge in [-0.15, -0.1) is 5.10 Å². The number of ether oxygens (including phenoxy) is 1. The summed E-state index contributed by atoms with van der Waals surface area (Å²) in [7, 11) is 1.59. The number of hydrogen-bond acceptors (Lipinski definition) is 5. The number of methoxy groups -OCH3 is 1. The molecule has 1 N–H and O–H groups in total. The lowest BCUT2D eigenvalue weighted by Crippen LogP contribution is -2.50. The molecule has 0 bridgehead atoms. The Morgan fingerprint density at radius 2 is 1.66 bits per heavy atom. The van der Waals surface area contributed by atoms with E-state index in [1.165, 1.54) is 0 Å². The highest BCUT2D eigenvalue weighted by Gasteiger charge is 2.33. The molecule has 0 radical (unpaired) electrons. The van der Waals surface area contributed by atoms with Gasteiger partial charge in [-0.1, -0.05) is 61.5 Å². The van der Waals surface area contributed by atoms with Crippen LogP contribution in [0.4, 0.5) is 5.69 Å². The molecule has 0 saturated carbocycles. The van der Waals surface area contributed by atoms with Crippen molar-refractivity contribution in [3.8, 4) is 5.75 Å². The lowest BCUT2D eigenvalue weighted by molar-refractivity contribution is -0.141. The third kappa shape index (κ3) is 5.66. The van der Waals surface area contributed by atoms with Gasteiger partial charge >= 0.3 is 0 Å². The first kappa shape index (κ1) is 23.9. The first-order valence-corrected chi connectivity index (χ1v) is 11.5. The zero-order chi connectivity index (χ0) is 24.8. The number of para-hydroxylation sites is 1. The number of rotatable bonds is 9. The van der Waals surface area contributed by atoms with E-state index < -0.39 is 6.04 Å². The summed E-state index contributed by atoms with van der Waals surface area (Å²) < 4.78 is 6.78. The Kier molecular flexibility index (Phi) is 7.40. The fourth-order valence-electron chi connectivity index (χ4n) is 4.07. The van der Waals surface area contributed by atoms with Crippen molar-refractivity contribution in [3.63, 3.8) is 0 Å². The third-order valence-electron chi connectivity index (χ3n) is 5.81. The summed E-state index contributed by atoms with van der Waals surface area (Å²) in [6.45, 7) is 4.15. The maximum atomic E-state index is 13.7. The molecule has 1 atom stereocenters. The van der Waals surface area contributed by atoms with Crippen LogP contribution in [0.2, 0.25) is 0 Å². The van der Waals surface area contributed by atoms with Crippen LogP contribution in [0.1, 0.15) is 19.4 Å². The van der Waals surface area contributed by atoms with Gasteiger partial charge in [0, 0.05) is 12.2 Å². The van der Waals surface area contributed by atoms with Gasteiger partial charge in [-0.25, -0.2) is 4.68 Å². The van der Waals surface area contributed by atoms with Crippen molar-refractivity contribution in [2.75, 3.05) is 12.4 Å². The minimum atomic E-state index is -0.695. The van der Waals surface area contributed by atoms with Gasteiger partial charge in [-0.05, 0) is 47.9 Å². The Balaban J connectivity index is 1.62. The topological polar surface area (TPSA) is 89.4 Å². The molecule has 180 valence electrons. The van der Waals surface area contributed by atoms with E-state index >= 15 is 0 Å². The predicted octanol–water partition coefficient (Wildman–Crippen LogP) is 4.13. The normalized spacial score (nSPS) is 11.9. The number of nitrogens with one attached hydrogen (secondary N) is 1. The van der Waals surface area contributed by atoms with Crippen LogP contribution in [0.5, 0.6) is 5.75 Å². The summed E-state index contributed by atoms with van der Waals surface area (Å²) in [5.41, 5.74) is 3.06. The van der Waals surface area contributed by atoms with Gasteiger partial charge in [0.2, 0.25) is 11.8 Å². The molecule has 3 aromatic carbocycles. The highest BCUT2D eigenvalue weighted by molar-refractivity contribution is 5.97. The number of amides is 2. The Morgan fingerprint density at radius 1 is 0.971 bits per heavy atom. The number of nitrogens with zero attached hydrogens (tertiary/aromatic N) is 4. The van der Waals surface area contributed by atoms with Gasteiger partial charge < -0.3 is 15.0 Å².